The van der Waals surface area contributed by atoms with E-state index in [1.807, 2.05) is 0 Å². The van der Waals surface area contributed by atoms with Crippen molar-refractivity contribution >= 4 is 17.6 Å². The molecule has 0 unspecified atom stereocenters. The number of carbonyl (C=O) groups is 1. The maximum atomic E-state index is 10.7. The molecule has 0 radical (unpaired) electrons. The lowest BCUT2D eigenvalue weighted by Crippen LogP contribution is -2.12. The number of hydrogen-bond acceptors (Lipinski definition) is 4. The molecule has 0 amide bonds. The fourth-order valence-corrected chi connectivity index (χ4v) is 0.751. The van der Waals surface area contributed by atoms with Gasteiger partial charge in [-0.2, -0.15) is 0 Å². The van der Waals surface area contributed by atoms with Gasteiger partial charge in [-0.1, -0.05) is 11.6 Å². The minimum absolute atomic E-state index is 0.148. The van der Waals surface area contributed by atoms with Crippen LogP contribution in [-0.4, -0.2) is 24.7 Å². The molecule has 13 heavy (non-hydrogen) atoms. The van der Waals surface area contributed by atoms with Gasteiger partial charge in [-0.05, 0) is 6.07 Å². The Morgan fingerprint density at radius 1 is 1.62 bits per heavy atom. The molecule has 70 valence electrons. The van der Waals surface area contributed by atoms with E-state index in [9.17, 15) is 4.79 Å². The van der Waals surface area contributed by atoms with Crippen molar-refractivity contribution in [3.63, 3.8) is 0 Å². The zero-order valence-corrected chi connectivity index (χ0v) is 7.75. The summed E-state index contributed by atoms with van der Waals surface area (Å²) in [5.74, 6) is -0.105. The SMILES string of the molecule is COC(=O)COc1ccc(Cl)cn1. The molecule has 0 atom stereocenters. The van der Waals surface area contributed by atoms with Crippen LogP contribution in [0.5, 0.6) is 5.88 Å². The van der Waals surface area contributed by atoms with Crippen molar-refractivity contribution in [3.8, 4) is 5.88 Å². The Hall–Kier alpha value is -1.29. The third-order valence-electron chi connectivity index (χ3n) is 1.27. The quantitative estimate of drug-likeness (QED) is 0.692. The number of carbonyl (C=O) groups excluding carboxylic acids is 1. The largest absolute Gasteiger partial charge is 0.466 e. The van der Waals surface area contributed by atoms with Crippen LogP contribution in [0.3, 0.4) is 0 Å². The molecule has 1 rings (SSSR count). The van der Waals surface area contributed by atoms with E-state index in [-0.39, 0.29) is 6.61 Å². The fraction of sp³-hybridized carbons (Fsp3) is 0.250. The molecule has 0 aliphatic rings. The Morgan fingerprint density at radius 3 is 2.92 bits per heavy atom. The van der Waals surface area contributed by atoms with E-state index in [0.717, 1.165) is 0 Å². The number of halogens is 1. The Bertz CT molecular complexity index is 286. The second-order valence-corrected chi connectivity index (χ2v) is 2.62. The van der Waals surface area contributed by atoms with Gasteiger partial charge < -0.3 is 9.47 Å². The molecule has 0 fully saturated rings. The molecule has 0 aliphatic carbocycles. The van der Waals surface area contributed by atoms with Crippen molar-refractivity contribution in [1.82, 2.24) is 4.98 Å². The van der Waals surface area contributed by atoms with Gasteiger partial charge >= 0.3 is 5.97 Å². The Balaban J connectivity index is 2.46. The van der Waals surface area contributed by atoms with Gasteiger partial charge in [0.15, 0.2) is 6.61 Å². The van der Waals surface area contributed by atoms with Crippen LogP contribution in [0.15, 0.2) is 18.3 Å². The van der Waals surface area contributed by atoms with Crippen molar-refractivity contribution in [2.75, 3.05) is 13.7 Å². The Kier molecular flexibility index (Phi) is 3.52. The number of aromatic nitrogens is 1. The van der Waals surface area contributed by atoms with E-state index in [1.165, 1.54) is 13.3 Å². The van der Waals surface area contributed by atoms with E-state index in [4.69, 9.17) is 16.3 Å². The fourth-order valence-electron chi connectivity index (χ4n) is 0.639. The maximum Gasteiger partial charge on any atom is 0.343 e. The lowest BCUT2D eigenvalue weighted by molar-refractivity contribution is -0.143. The highest BCUT2D eigenvalue weighted by atomic mass is 35.5. The van der Waals surface area contributed by atoms with Crippen LogP contribution in [0.25, 0.3) is 0 Å². The molecule has 0 aromatic carbocycles. The highest BCUT2D eigenvalue weighted by Crippen LogP contribution is 2.10. The summed E-state index contributed by atoms with van der Waals surface area (Å²) in [5, 5.41) is 0.519. The molecule has 5 heteroatoms. The third-order valence-corrected chi connectivity index (χ3v) is 1.49. The predicted molar refractivity (Wildman–Crippen MR) is 46.8 cm³/mol. The van der Waals surface area contributed by atoms with Gasteiger partial charge in [-0.3, -0.25) is 0 Å². The molecule has 1 aromatic heterocycles. The number of esters is 1. The van der Waals surface area contributed by atoms with Gasteiger partial charge in [0.2, 0.25) is 5.88 Å². The van der Waals surface area contributed by atoms with Crippen LogP contribution in [0.4, 0.5) is 0 Å². The van der Waals surface area contributed by atoms with Crippen molar-refractivity contribution < 1.29 is 14.3 Å². The van der Waals surface area contributed by atoms with Crippen molar-refractivity contribution in [3.05, 3.63) is 23.4 Å². The lowest BCUT2D eigenvalue weighted by Gasteiger charge is -2.02. The van der Waals surface area contributed by atoms with Gasteiger partial charge in [0.05, 0.1) is 12.1 Å². The lowest BCUT2D eigenvalue weighted by atomic mass is 10.5. The average Bonchev–Trinajstić information content (AvgIpc) is 2.16. The van der Waals surface area contributed by atoms with Crippen molar-refractivity contribution in [2.24, 2.45) is 0 Å². The molecular formula is C8H8ClNO3. The molecule has 0 spiro atoms. The number of ether oxygens (including phenoxy) is 2. The van der Waals surface area contributed by atoms with Gasteiger partial charge in [0, 0.05) is 12.3 Å². The molecular weight excluding hydrogens is 194 g/mol. The molecule has 4 nitrogen and oxygen atoms in total. The Labute approximate surface area is 80.4 Å². The van der Waals surface area contributed by atoms with Gasteiger partial charge in [-0.25, -0.2) is 9.78 Å². The normalized spacial score (nSPS) is 9.38. The summed E-state index contributed by atoms with van der Waals surface area (Å²) < 4.78 is 9.35. The number of pyridine rings is 1. The molecule has 0 N–H and O–H groups in total. The van der Waals surface area contributed by atoms with Crippen LogP contribution < -0.4 is 4.74 Å². The molecule has 0 saturated heterocycles. The first-order valence-electron chi connectivity index (χ1n) is 3.53. The number of hydrogen-bond donors (Lipinski definition) is 0. The molecule has 0 saturated carbocycles. The maximum absolute atomic E-state index is 10.7. The predicted octanol–water partition coefficient (Wildman–Crippen LogP) is 1.29. The zero-order chi connectivity index (χ0) is 9.68. The van der Waals surface area contributed by atoms with Gasteiger partial charge in [0.1, 0.15) is 0 Å². The number of rotatable bonds is 3. The molecule has 0 bridgehead atoms. The number of nitrogens with zero attached hydrogens (tertiary/aromatic N) is 1. The summed E-state index contributed by atoms with van der Waals surface area (Å²) in [7, 11) is 1.29. The first-order valence-corrected chi connectivity index (χ1v) is 3.91. The number of methoxy groups -OCH3 is 1. The van der Waals surface area contributed by atoms with Gasteiger partial charge in [0.25, 0.3) is 0 Å². The average molecular weight is 202 g/mol. The Morgan fingerprint density at radius 2 is 2.38 bits per heavy atom. The molecule has 1 heterocycles. The van der Waals surface area contributed by atoms with Crippen LogP contribution in [0.1, 0.15) is 0 Å². The smallest absolute Gasteiger partial charge is 0.343 e. The molecule has 0 aliphatic heterocycles. The topological polar surface area (TPSA) is 48.4 Å². The van der Waals surface area contributed by atoms with Crippen LogP contribution >= 0.6 is 11.6 Å². The van der Waals surface area contributed by atoms with E-state index < -0.39 is 5.97 Å². The monoisotopic (exact) mass is 201 g/mol. The summed E-state index contributed by atoms with van der Waals surface area (Å²) in [6.45, 7) is -0.148. The summed E-state index contributed by atoms with van der Waals surface area (Å²) in [4.78, 5) is 14.5. The highest BCUT2D eigenvalue weighted by molar-refractivity contribution is 6.30. The highest BCUT2D eigenvalue weighted by Gasteiger charge is 2.01. The zero-order valence-electron chi connectivity index (χ0n) is 6.99. The summed E-state index contributed by atoms with van der Waals surface area (Å²) in [6, 6.07) is 3.20. The van der Waals surface area contributed by atoms with Crippen molar-refractivity contribution in [1.29, 1.82) is 0 Å². The molecule has 1 aromatic rings. The first-order chi connectivity index (χ1) is 6.22. The minimum Gasteiger partial charge on any atom is -0.466 e. The van der Waals surface area contributed by atoms with E-state index in [0.29, 0.717) is 10.9 Å². The van der Waals surface area contributed by atoms with E-state index in [2.05, 4.69) is 9.72 Å². The van der Waals surface area contributed by atoms with E-state index >= 15 is 0 Å². The summed E-state index contributed by atoms with van der Waals surface area (Å²) in [6.07, 6.45) is 1.44. The van der Waals surface area contributed by atoms with Crippen molar-refractivity contribution in [2.45, 2.75) is 0 Å². The minimum atomic E-state index is -0.447. The van der Waals surface area contributed by atoms with E-state index in [1.54, 1.807) is 12.1 Å². The van der Waals surface area contributed by atoms with Crippen LogP contribution in [0.2, 0.25) is 5.02 Å². The summed E-state index contributed by atoms with van der Waals surface area (Å²) in [5.41, 5.74) is 0. The third kappa shape index (κ3) is 3.29. The second-order valence-electron chi connectivity index (χ2n) is 2.18. The first kappa shape index (κ1) is 9.80. The standard InChI is InChI=1S/C8H8ClNO3/c1-12-8(11)5-13-7-3-2-6(9)4-10-7/h2-4H,5H2,1H3. The second kappa shape index (κ2) is 4.67. The summed E-state index contributed by atoms with van der Waals surface area (Å²) >= 11 is 5.59. The van der Waals surface area contributed by atoms with Gasteiger partial charge in [-0.15, -0.1) is 0 Å². The van der Waals surface area contributed by atoms with Crippen LogP contribution in [0, 0.1) is 0 Å². The van der Waals surface area contributed by atoms with Crippen LogP contribution in [-0.2, 0) is 9.53 Å².